The highest BCUT2D eigenvalue weighted by Gasteiger charge is 2.09. The summed E-state index contributed by atoms with van der Waals surface area (Å²) in [5.74, 6) is -0.286. The van der Waals surface area contributed by atoms with E-state index in [0.29, 0.717) is 5.69 Å². The zero-order chi connectivity index (χ0) is 18.1. The number of anilines is 2. The Morgan fingerprint density at radius 3 is 2.60 bits per heavy atom. The SMILES string of the molecule is NC=S.Nc1cccc(C2=CC=C(/C=N/Nc3cccc(F)c3)C2)c1. The van der Waals surface area contributed by atoms with Crippen LogP contribution in [0.5, 0.6) is 0 Å². The van der Waals surface area contributed by atoms with Crippen LogP contribution in [-0.2, 0) is 0 Å². The molecule has 0 aliphatic heterocycles. The van der Waals surface area contributed by atoms with Gasteiger partial charge >= 0.3 is 0 Å². The highest BCUT2D eigenvalue weighted by atomic mass is 32.1. The third-order valence-electron chi connectivity index (χ3n) is 3.40. The van der Waals surface area contributed by atoms with E-state index >= 15 is 0 Å². The van der Waals surface area contributed by atoms with Crippen LogP contribution in [0.1, 0.15) is 12.0 Å². The Labute approximate surface area is 151 Å². The van der Waals surface area contributed by atoms with Crippen LogP contribution in [0.25, 0.3) is 5.57 Å². The van der Waals surface area contributed by atoms with Gasteiger partial charge in [0.2, 0.25) is 0 Å². The predicted octanol–water partition coefficient (Wildman–Crippen LogP) is 4.12. The summed E-state index contributed by atoms with van der Waals surface area (Å²) in [6.45, 7) is 0. The molecule has 0 bridgehead atoms. The van der Waals surface area contributed by atoms with Crippen LogP contribution in [0, 0.1) is 5.82 Å². The fourth-order valence-corrected chi connectivity index (χ4v) is 2.32. The van der Waals surface area contributed by atoms with Gasteiger partial charge in [-0.15, -0.1) is 0 Å². The maximum absolute atomic E-state index is 13.0. The number of thiocarbonyl (C=S) groups is 1. The number of halogens is 1. The van der Waals surface area contributed by atoms with Crippen molar-refractivity contribution in [3.8, 4) is 0 Å². The molecule has 0 aromatic heterocycles. The lowest BCUT2D eigenvalue weighted by Crippen LogP contribution is -1.92. The van der Waals surface area contributed by atoms with Gasteiger partial charge in [-0.05, 0) is 53.5 Å². The van der Waals surface area contributed by atoms with Crippen molar-refractivity contribution in [2.45, 2.75) is 6.42 Å². The number of nitrogen functional groups attached to an aromatic ring is 1. The van der Waals surface area contributed by atoms with Gasteiger partial charge in [-0.1, -0.05) is 42.6 Å². The molecule has 25 heavy (non-hydrogen) atoms. The monoisotopic (exact) mass is 354 g/mol. The Morgan fingerprint density at radius 2 is 1.88 bits per heavy atom. The lowest BCUT2D eigenvalue weighted by molar-refractivity contribution is 0.628. The van der Waals surface area contributed by atoms with Crippen LogP contribution < -0.4 is 16.9 Å². The number of hydrogen-bond donors (Lipinski definition) is 3. The summed E-state index contributed by atoms with van der Waals surface area (Å²) in [7, 11) is 0. The van der Waals surface area contributed by atoms with Crippen molar-refractivity contribution in [2.24, 2.45) is 10.8 Å². The van der Waals surface area contributed by atoms with Crippen molar-refractivity contribution >= 4 is 40.9 Å². The second-order valence-electron chi connectivity index (χ2n) is 5.25. The van der Waals surface area contributed by atoms with E-state index in [2.05, 4.69) is 34.6 Å². The van der Waals surface area contributed by atoms with Gasteiger partial charge in [0.25, 0.3) is 0 Å². The van der Waals surface area contributed by atoms with Gasteiger partial charge in [0.1, 0.15) is 5.82 Å². The van der Waals surface area contributed by atoms with Gasteiger partial charge in [-0.2, -0.15) is 5.10 Å². The van der Waals surface area contributed by atoms with Crippen molar-refractivity contribution in [1.82, 2.24) is 0 Å². The molecule has 0 amide bonds. The molecule has 128 valence electrons. The molecule has 1 aliphatic rings. The molecule has 5 N–H and O–H groups in total. The van der Waals surface area contributed by atoms with Crippen LogP contribution in [0.3, 0.4) is 0 Å². The van der Waals surface area contributed by atoms with Crippen LogP contribution >= 0.6 is 12.2 Å². The minimum atomic E-state index is -0.286. The van der Waals surface area contributed by atoms with E-state index in [1.807, 2.05) is 30.3 Å². The van der Waals surface area contributed by atoms with Crippen molar-refractivity contribution < 1.29 is 4.39 Å². The van der Waals surface area contributed by atoms with Crippen molar-refractivity contribution in [3.05, 3.63) is 77.6 Å². The number of allylic oxidation sites excluding steroid dienone is 4. The lowest BCUT2D eigenvalue weighted by Gasteiger charge is -2.04. The van der Waals surface area contributed by atoms with Crippen LogP contribution in [0.4, 0.5) is 15.8 Å². The number of nitrogens with two attached hydrogens (primary N) is 2. The third-order valence-corrected chi connectivity index (χ3v) is 3.40. The third kappa shape index (κ3) is 5.86. The Bertz CT molecular complexity index is 828. The fraction of sp³-hybridized carbons (Fsp3) is 0.0526. The molecule has 0 radical (unpaired) electrons. The summed E-state index contributed by atoms with van der Waals surface area (Å²) in [4.78, 5) is 0. The molecular weight excluding hydrogens is 335 g/mol. The number of nitrogens with one attached hydrogen (secondary N) is 1. The Morgan fingerprint density at radius 1 is 1.12 bits per heavy atom. The van der Waals surface area contributed by atoms with Crippen molar-refractivity contribution in [2.75, 3.05) is 11.2 Å². The minimum absolute atomic E-state index is 0.286. The molecule has 0 saturated heterocycles. The number of hydrogen-bond acceptors (Lipinski definition) is 4. The molecule has 4 nitrogen and oxygen atoms in total. The Kier molecular flexibility index (Phi) is 6.86. The fourth-order valence-electron chi connectivity index (χ4n) is 2.32. The van der Waals surface area contributed by atoms with Gasteiger partial charge in [0.15, 0.2) is 0 Å². The number of rotatable bonds is 4. The van der Waals surface area contributed by atoms with E-state index in [-0.39, 0.29) is 5.82 Å². The second-order valence-corrected chi connectivity index (χ2v) is 5.52. The van der Waals surface area contributed by atoms with Gasteiger partial charge < -0.3 is 11.5 Å². The quantitative estimate of drug-likeness (QED) is 0.334. The minimum Gasteiger partial charge on any atom is -0.399 e. The molecule has 0 spiro atoms. The molecule has 0 atom stereocenters. The molecule has 2 aromatic rings. The molecule has 0 saturated carbocycles. The van der Waals surface area contributed by atoms with E-state index in [1.54, 1.807) is 18.3 Å². The maximum Gasteiger partial charge on any atom is 0.125 e. The van der Waals surface area contributed by atoms with E-state index in [1.165, 1.54) is 17.7 Å². The number of nitrogens with zero attached hydrogens (tertiary/aromatic N) is 1. The van der Waals surface area contributed by atoms with Crippen molar-refractivity contribution in [1.29, 1.82) is 0 Å². The smallest absolute Gasteiger partial charge is 0.125 e. The summed E-state index contributed by atoms with van der Waals surface area (Å²) in [5, 5.41) is 4.14. The standard InChI is InChI=1S/C18H16FN3.CH3NS/c19-16-4-2-6-18(11-16)22-21-12-13-7-8-15(9-13)14-3-1-5-17(20)10-14;2-1-3/h1-8,10-12,22H,9,20H2;1H,(H2,2,3)/b21-12+;. The average Bonchev–Trinajstić information content (AvgIpc) is 3.05. The normalized spacial score (nSPS) is 12.8. The summed E-state index contributed by atoms with van der Waals surface area (Å²) in [6.07, 6.45) is 6.64. The van der Waals surface area contributed by atoms with Gasteiger partial charge in [0.05, 0.1) is 17.4 Å². The Balaban J connectivity index is 0.000000701. The van der Waals surface area contributed by atoms with Crippen LogP contribution in [0.15, 0.2) is 71.4 Å². The van der Waals surface area contributed by atoms with Crippen LogP contribution in [-0.4, -0.2) is 11.7 Å². The first-order valence-corrected chi connectivity index (χ1v) is 8.05. The largest absolute Gasteiger partial charge is 0.399 e. The van der Waals surface area contributed by atoms with Gasteiger partial charge in [0, 0.05) is 5.69 Å². The van der Waals surface area contributed by atoms with E-state index in [9.17, 15) is 4.39 Å². The average molecular weight is 354 g/mol. The molecule has 0 heterocycles. The highest BCUT2D eigenvalue weighted by molar-refractivity contribution is 7.78. The molecule has 3 rings (SSSR count). The van der Waals surface area contributed by atoms with Crippen LogP contribution in [0.2, 0.25) is 0 Å². The summed E-state index contributed by atoms with van der Waals surface area (Å²) in [6, 6.07) is 14.0. The molecule has 0 unspecified atom stereocenters. The van der Waals surface area contributed by atoms with Crippen molar-refractivity contribution in [3.63, 3.8) is 0 Å². The summed E-state index contributed by atoms with van der Waals surface area (Å²) in [5.41, 5.74) is 19.0. The zero-order valence-electron chi connectivity index (χ0n) is 13.5. The predicted molar refractivity (Wildman–Crippen MR) is 108 cm³/mol. The summed E-state index contributed by atoms with van der Waals surface area (Å²) < 4.78 is 13.0. The zero-order valence-corrected chi connectivity index (χ0v) is 14.3. The first kappa shape index (κ1) is 18.4. The maximum atomic E-state index is 13.0. The topological polar surface area (TPSA) is 76.4 Å². The lowest BCUT2D eigenvalue weighted by atomic mass is 10.0. The molecule has 2 aromatic carbocycles. The number of hydrazone groups is 1. The molecule has 0 fully saturated rings. The molecule has 6 heteroatoms. The van der Waals surface area contributed by atoms with E-state index in [4.69, 9.17) is 5.73 Å². The Hall–Kier alpha value is -2.99. The first-order valence-electron chi connectivity index (χ1n) is 7.58. The molecule has 1 aliphatic carbocycles. The number of benzene rings is 2. The summed E-state index contributed by atoms with van der Waals surface area (Å²) >= 11 is 4.05. The van der Waals surface area contributed by atoms with Gasteiger partial charge in [-0.25, -0.2) is 4.39 Å². The first-order chi connectivity index (χ1) is 12.1. The van der Waals surface area contributed by atoms with E-state index < -0.39 is 0 Å². The highest BCUT2D eigenvalue weighted by Crippen LogP contribution is 2.28. The van der Waals surface area contributed by atoms with Gasteiger partial charge in [-0.3, -0.25) is 5.43 Å². The van der Waals surface area contributed by atoms with E-state index in [0.717, 1.165) is 28.7 Å². The second kappa shape index (κ2) is 9.34. The molecular formula is C19H19FN4S.